The summed E-state index contributed by atoms with van der Waals surface area (Å²) in [6, 6.07) is 4.55. The first-order chi connectivity index (χ1) is 8.70. The Bertz CT molecular complexity index is 400. The molecule has 1 aromatic rings. The molecule has 0 radical (unpaired) electrons. The van der Waals surface area contributed by atoms with E-state index in [2.05, 4.69) is 5.43 Å². The molecular formula is C12H16ClFN2O2. The molecule has 4 nitrogen and oxygen atoms in total. The Morgan fingerprint density at radius 1 is 1.50 bits per heavy atom. The zero-order valence-corrected chi connectivity index (χ0v) is 10.6. The zero-order chi connectivity index (χ0) is 13.0. The van der Waals surface area contributed by atoms with Crippen LogP contribution in [0.15, 0.2) is 18.2 Å². The average molecular weight is 275 g/mol. The Morgan fingerprint density at radius 3 is 2.94 bits per heavy atom. The quantitative estimate of drug-likeness (QED) is 0.641. The highest BCUT2D eigenvalue weighted by atomic mass is 35.5. The van der Waals surface area contributed by atoms with Crippen LogP contribution >= 0.6 is 11.6 Å². The van der Waals surface area contributed by atoms with Crippen molar-refractivity contribution < 1.29 is 13.9 Å². The fourth-order valence-electron chi connectivity index (χ4n) is 1.96. The summed E-state index contributed by atoms with van der Waals surface area (Å²) in [4.78, 5) is 0. The van der Waals surface area contributed by atoms with Crippen molar-refractivity contribution in [3.8, 4) is 0 Å². The van der Waals surface area contributed by atoms with E-state index in [4.69, 9.17) is 26.9 Å². The van der Waals surface area contributed by atoms with E-state index in [1.165, 1.54) is 6.07 Å². The monoisotopic (exact) mass is 274 g/mol. The van der Waals surface area contributed by atoms with Crippen LogP contribution in [-0.2, 0) is 15.9 Å². The van der Waals surface area contributed by atoms with Crippen molar-refractivity contribution in [3.63, 3.8) is 0 Å². The van der Waals surface area contributed by atoms with Crippen LogP contribution in [0.5, 0.6) is 0 Å². The standard InChI is InChI=1S/C12H16ClFN2O2/c13-9-5-8(1-2-10(9)14)6-11(16-15)12-7-17-3-4-18-12/h1-2,5,11-12,16H,3-4,6-7,15H2. The lowest BCUT2D eigenvalue weighted by Gasteiger charge is -2.30. The molecule has 0 saturated carbocycles. The second-order valence-corrected chi connectivity index (χ2v) is 4.62. The number of halogens is 2. The second-order valence-electron chi connectivity index (χ2n) is 4.21. The van der Waals surface area contributed by atoms with Gasteiger partial charge in [0, 0.05) is 0 Å². The number of benzene rings is 1. The highest BCUT2D eigenvalue weighted by molar-refractivity contribution is 6.30. The van der Waals surface area contributed by atoms with Crippen molar-refractivity contribution in [2.45, 2.75) is 18.6 Å². The first-order valence-electron chi connectivity index (χ1n) is 5.80. The Labute approximate surface area is 110 Å². The van der Waals surface area contributed by atoms with Crippen molar-refractivity contribution in [2.24, 2.45) is 5.84 Å². The van der Waals surface area contributed by atoms with E-state index in [0.29, 0.717) is 26.2 Å². The van der Waals surface area contributed by atoms with Gasteiger partial charge < -0.3 is 9.47 Å². The largest absolute Gasteiger partial charge is 0.376 e. The number of hydrogen-bond donors (Lipinski definition) is 2. The Hall–Kier alpha value is -0.720. The van der Waals surface area contributed by atoms with Gasteiger partial charge in [-0.25, -0.2) is 4.39 Å². The van der Waals surface area contributed by atoms with Gasteiger partial charge in [-0.15, -0.1) is 0 Å². The summed E-state index contributed by atoms with van der Waals surface area (Å²) < 4.78 is 24.0. The number of rotatable bonds is 4. The summed E-state index contributed by atoms with van der Waals surface area (Å²) in [5.41, 5.74) is 3.61. The molecular weight excluding hydrogens is 259 g/mol. The summed E-state index contributed by atoms with van der Waals surface area (Å²) in [7, 11) is 0. The van der Waals surface area contributed by atoms with Crippen molar-refractivity contribution in [1.29, 1.82) is 0 Å². The SMILES string of the molecule is NNC(Cc1ccc(F)c(Cl)c1)C1COCCO1. The first-order valence-corrected chi connectivity index (χ1v) is 6.18. The summed E-state index contributed by atoms with van der Waals surface area (Å²) >= 11 is 5.74. The minimum Gasteiger partial charge on any atom is -0.376 e. The van der Waals surface area contributed by atoms with E-state index in [0.717, 1.165) is 5.56 Å². The molecule has 1 aliphatic rings. The highest BCUT2D eigenvalue weighted by Gasteiger charge is 2.24. The van der Waals surface area contributed by atoms with Crippen molar-refractivity contribution >= 4 is 11.6 Å². The van der Waals surface area contributed by atoms with Gasteiger partial charge >= 0.3 is 0 Å². The number of nitrogens with two attached hydrogens (primary N) is 1. The number of nitrogens with one attached hydrogen (secondary N) is 1. The van der Waals surface area contributed by atoms with Crippen LogP contribution in [0.3, 0.4) is 0 Å². The van der Waals surface area contributed by atoms with Gasteiger partial charge in [-0.3, -0.25) is 11.3 Å². The predicted octanol–water partition coefficient (Wildman–Crippen LogP) is 1.27. The zero-order valence-electron chi connectivity index (χ0n) is 9.86. The second kappa shape index (κ2) is 6.45. The van der Waals surface area contributed by atoms with E-state index in [1.807, 2.05) is 0 Å². The molecule has 1 saturated heterocycles. The Balaban J connectivity index is 2.02. The van der Waals surface area contributed by atoms with Crippen LogP contribution in [0, 0.1) is 5.82 Å². The molecule has 0 bridgehead atoms. The van der Waals surface area contributed by atoms with E-state index in [9.17, 15) is 4.39 Å². The third kappa shape index (κ3) is 3.40. The fourth-order valence-corrected chi connectivity index (χ4v) is 2.16. The summed E-state index contributed by atoms with van der Waals surface area (Å²) in [5, 5.41) is 0.115. The summed E-state index contributed by atoms with van der Waals surface area (Å²) in [6.07, 6.45) is 0.498. The molecule has 3 N–H and O–H groups in total. The van der Waals surface area contributed by atoms with Gasteiger partial charge in [-0.1, -0.05) is 17.7 Å². The van der Waals surface area contributed by atoms with E-state index in [1.54, 1.807) is 12.1 Å². The Kier molecular flexibility index (Phi) is 4.91. The van der Waals surface area contributed by atoms with Crippen LogP contribution in [0.1, 0.15) is 5.56 Å². The molecule has 2 atom stereocenters. The van der Waals surface area contributed by atoms with E-state index in [-0.39, 0.29) is 17.2 Å². The molecule has 0 amide bonds. The van der Waals surface area contributed by atoms with Crippen LogP contribution < -0.4 is 11.3 Å². The van der Waals surface area contributed by atoms with Crippen LogP contribution in [0.2, 0.25) is 5.02 Å². The average Bonchev–Trinajstić information content (AvgIpc) is 2.41. The maximum atomic E-state index is 13.1. The molecule has 6 heteroatoms. The topological polar surface area (TPSA) is 56.5 Å². The van der Waals surface area contributed by atoms with Crippen molar-refractivity contribution in [3.05, 3.63) is 34.6 Å². The Morgan fingerprint density at radius 2 is 2.33 bits per heavy atom. The maximum Gasteiger partial charge on any atom is 0.141 e. The lowest BCUT2D eigenvalue weighted by Crippen LogP contribution is -2.50. The van der Waals surface area contributed by atoms with E-state index >= 15 is 0 Å². The molecule has 1 aromatic carbocycles. The number of hydrogen-bond acceptors (Lipinski definition) is 4. The predicted molar refractivity (Wildman–Crippen MR) is 66.8 cm³/mol. The maximum absolute atomic E-state index is 13.1. The van der Waals surface area contributed by atoms with Crippen LogP contribution in [-0.4, -0.2) is 32.0 Å². The molecule has 0 spiro atoms. The van der Waals surface area contributed by atoms with Gasteiger partial charge in [0.25, 0.3) is 0 Å². The molecule has 2 rings (SSSR count). The molecule has 18 heavy (non-hydrogen) atoms. The van der Waals surface area contributed by atoms with Gasteiger partial charge in [0.05, 0.1) is 37.0 Å². The number of hydrazine groups is 1. The van der Waals surface area contributed by atoms with Gasteiger partial charge in [0.15, 0.2) is 0 Å². The molecule has 0 aliphatic carbocycles. The molecule has 2 unspecified atom stereocenters. The van der Waals surface area contributed by atoms with Gasteiger partial charge in [0.2, 0.25) is 0 Å². The minimum atomic E-state index is -0.421. The molecule has 1 heterocycles. The van der Waals surface area contributed by atoms with Crippen molar-refractivity contribution in [2.75, 3.05) is 19.8 Å². The summed E-state index contributed by atoms with van der Waals surface area (Å²) in [5.74, 6) is 5.11. The first kappa shape index (κ1) is 13.7. The molecule has 1 aliphatic heterocycles. The molecule has 0 aromatic heterocycles. The van der Waals surface area contributed by atoms with Gasteiger partial charge in [-0.05, 0) is 24.1 Å². The number of ether oxygens (including phenoxy) is 2. The molecule has 100 valence electrons. The van der Waals surface area contributed by atoms with E-state index < -0.39 is 5.82 Å². The highest BCUT2D eigenvalue weighted by Crippen LogP contribution is 2.18. The third-order valence-corrected chi connectivity index (χ3v) is 3.23. The van der Waals surface area contributed by atoms with Crippen LogP contribution in [0.25, 0.3) is 0 Å². The molecule has 1 fully saturated rings. The van der Waals surface area contributed by atoms with Crippen LogP contribution in [0.4, 0.5) is 4.39 Å². The van der Waals surface area contributed by atoms with Gasteiger partial charge in [0.1, 0.15) is 5.82 Å². The normalized spacial score (nSPS) is 21.8. The van der Waals surface area contributed by atoms with Gasteiger partial charge in [-0.2, -0.15) is 0 Å². The smallest absolute Gasteiger partial charge is 0.141 e. The minimum absolute atomic E-state index is 0.0909. The summed E-state index contributed by atoms with van der Waals surface area (Å²) in [6.45, 7) is 1.67. The van der Waals surface area contributed by atoms with Crippen molar-refractivity contribution in [1.82, 2.24) is 5.43 Å². The lowest BCUT2D eigenvalue weighted by atomic mass is 10.0. The third-order valence-electron chi connectivity index (χ3n) is 2.94. The fraction of sp³-hybridized carbons (Fsp3) is 0.500. The lowest BCUT2D eigenvalue weighted by molar-refractivity contribution is -0.101.